The molecule has 3 aromatic carbocycles. The van der Waals surface area contributed by atoms with E-state index >= 15 is 0 Å². The van der Waals surface area contributed by atoms with Crippen LogP contribution in [0.5, 0.6) is 11.5 Å². The van der Waals surface area contributed by atoms with Crippen molar-refractivity contribution in [3.05, 3.63) is 94.4 Å². The molecule has 0 N–H and O–H groups in total. The molecule has 1 aliphatic rings. The molecule has 0 spiro atoms. The van der Waals surface area contributed by atoms with Crippen molar-refractivity contribution < 1.29 is 28.9 Å². The average Bonchev–Trinajstić information content (AvgIpc) is 3.20. The van der Waals surface area contributed by atoms with E-state index in [-0.39, 0.29) is 18.1 Å². The number of carboxylic acids is 1. The van der Waals surface area contributed by atoms with Gasteiger partial charge in [0.15, 0.2) is 16.7 Å². The van der Waals surface area contributed by atoms with Crippen LogP contribution in [0.4, 0.5) is 5.69 Å². The van der Waals surface area contributed by atoms with Crippen LogP contribution in [-0.2, 0) is 16.1 Å². The van der Waals surface area contributed by atoms with Crippen LogP contribution in [0.2, 0.25) is 0 Å². The predicted molar refractivity (Wildman–Crippen MR) is 141 cm³/mol. The van der Waals surface area contributed by atoms with E-state index in [9.17, 15) is 14.7 Å². The van der Waals surface area contributed by atoms with Gasteiger partial charge in [0, 0.05) is 7.11 Å². The number of hydrogen-bond donors (Lipinski definition) is 0. The van der Waals surface area contributed by atoms with Gasteiger partial charge >= 0.3 is 0 Å². The molecule has 0 atom stereocenters. The first-order chi connectivity index (χ1) is 18.0. The minimum Gasteiger partial charge on any atom is -0.545 e. The molecule has 0 bridgehead atoms. The summed E-state index contributed by atoms with van der Waals surface area (Å²) in [5.41, 5.74) is 2.44. The predicted octanol–water partition coefficient (Wildman–Crippen LogP) is 3.89. The molecule has 9 heteroatoms. The van der Waals surface area contributed by atoms with Gasteiger partial charge in [0.1, 0.15) is 6.61 Å². The summed E-state index contributed by atoms with van der Waals surface area (Å²) in [6, 6.07) is 21.2. The zero-order valence-electron chi connectivity index (χ0n) is 20.4. The number of aromatic carboxylic acids is 1. The first-order valence-corrected chi connectivity index (χ1v) is 12.3. The number of carbonyl (C=O) groups excluding carboxylic acids is 2. The molecule has 0 aliphatic carbocycles. The van der Waals surface area contributed by atoms with Crippen LogP contribution >= 0.6 is 11.8 Å². The lowest BCUT2D eigenvalue weighted by Gasteiger charge is -2.14. The van der Waals surface area contributed by atoms with E-state index in [0.717, 1.165) is 16.8 Å². The summed E-state index contributed by atoms with van der Waals surface area (Å²) < 4.78 is 16.6. The molecule has 1 aliphatic heterocycles. The Balaban J connectivity index is 1.52. The number of amides is 1. The highest BCUT2D eigenvalue weighted by Crippen LogP contribution is 2.36. The van der Waals surface area contributed by atoms with E-state index in [1.165, 1.54) is 23.9 Å². The molecular weight excluding hydrogens is 492 g/mol. The third-order valence-corrected chi connectivity index (χ3v) is 6.46. The Labute approximate surface area is 219 Å². The molecule has 0 aromatic heterocycles. The van der Waals surface area contributed by atoms with Crippen molar-refractivity contribution >= 4 is 40.6 Å². The average molecular weight is 518 g/mol. The molecule has 1 saturated heterocycles. The summed E-state index contributed by atoms with van der Waals surface area (Å²) >= 11 is 1.31. The Morgan fingerprint density at radius 3 is 2.46 bits per heavy atom. The highest BCUT2D eigenvalue weighted by atomic mass is 32.2. The molecule has 0 radical (unpaired) electrons. The maximum absolute atomic E-state index is 13.2. The van der Waals surface area contributed by atoms with E-state index < -0.39 is 5.97 Å². The van der Waals surface area contributed by atoms with Crippen LogP contribution in [0.25, 0.3) is 6.08 Å². The fraction of sp³-hybridized carbons (Fsp3) is 0.179. The van der Waals surface area contributed by atoms with E-state index in [0.29, 0.717) is 34.7 Å². The Morgan fingerprint density at radius 1 is 1.03 bits per heavy atom. The third-order valence-electron chi connectivity index (χ3n) is 5.46. The van der Waals surface area contributed by atoms with Crippen molar-refractivity contribution in [1.82, 2.24) is 4.90 Å². The highest BCUT2D eigenvalue weighted by molar-refractivity contribution is 8.18. The highest BCUT2D eigenvalue weighted by Gasteiger charge is 2.33. The van der Waals surface area contributed by atoms with Gasteiger partial charge in [-0.2, -0.15) is 0 Å². The van der Waals surface area contributed by atoms with Gasteiger partial charge < -0.3 is 24.1 Å². The lowest BCUT2D eigenvalue weighted by atomic mass is 10.1. The largest absolute Gasteiger partial charge is 0.545 e. The molecule has 1 heterocycles. The van der Waals surface area contributed by atoms with Crippen molar-refractivity contribution in [3.8, 4) is 11.5 Å². The van der Waals surface area contributed by atoms with Crippen molar-refractivity contribution in [2.45, 2.75) is 6.61 Å². The van der Waals surface area contributed by atoms with E-state index in [1.807, 2.05) is 36.4 Å². The zero-order chi connectivity index (χ0) is 26.2. The number of amidine groups is 1. The number of rotatable bonds is 10. The van der Waals surface area contributed by atoms with Crippen LogP contribution in [0.1, 0.15) is 21.5 Å². The summed E-state index contributed by atoms with van der Waals surface area (Å²) in [7, 11) is 3.14. The monoisotopic (exact) mass is 517 g/mol. The Bertz CT molecular complexity index is 1320. The van der Waals surface area contributed by atoms with Crippen molar-refractivity contribution in [3.63, 3.8) is 0 Å². The number of nitrogens with zero attached hydrogens (tertiary/aromatic N) is 2. The van der Waals surface area contributed by atoms with Gasteiger partial charge in [-0.1, -0.05) is 48.5 Å². The Kier molecular flexibility index (Phi) is 8.60. The van der Waals surface area contributed by atoms with E-state index in [4.69, 9.17) is 14.2 Å². The normalized spacial score (nSPS) is 15.4. The maximum atomic E-state index is 13.2. The first-order valence-electron chi connectivity index (χ1n) is 11.4. The van der Waals surface area contributed by atoms with Crippen LogP contribution < -0.4 is 14.6 Å². The van der Waals surface area contributed by atoms with Crippen molar-refractivity contribution in [2.75, 3.05) is 27.4 Å². The Hall–Kier alpha value is -4.08. The van der Waals surface area contributed by atoms with Gasteiger partial charge in [-0.15, -0.1) is 0 Å². The second kappa shape index (κ2) is 12.2. The summed E-state index contributed by atoms with van der Waals surface area (Å²) in [4.78, 5) is 30.9. The van der Waals surface area contributed by atoms with Gasteiger partial charge in [-0.3, -0.25) is 9.69 Å². The molecule has 3 aromatic rings. The molecule has 190 valence electrons. The topological polar surface area (TPSA) is 100 Å². The summed E-state index contributed by atoms with van der Waals surface area (Å²) in [6.07, 6.45) is 1.80. The van der Waals surface area contributed by atoms with Crippen LogP contribution in [0.3, 0.4) is 0 Å². The molecule has 37 heavy (non-hydrogen) atoms. The number of aliphatic imine (C=N–C) groups is 1. The number of carboxylic acid groups (broad SMARTS) is 1. The second-order valence-electron chi connectivity index (χ2n) is 7.97. The molecule has 0 unspecified atom stereocenters. The molecule has 4 rings (SSSR count). The number of carbonyl (C=O) groups is 2. The maximum Gasteiger partial charge on any atom is 0.266 e. The lowest BCUT2D eigenvalue weighted by molar-refractivity contribution is -0.255. The van der Waals surface area contributed by atoms with Crippen LogP contribution in [-0.4, -0.2) is 49.3 Å². The minimum atomic E-state index is -1.22. The van der Waals surface area contributed by atoms with Gasteiger partial charge in [-0.05, 0) is 58.8 Å². The number of benzene rings is 3. The quantitative estimate of drug-likeness (QED) is 0.376. The molecule has 0 saturated carbocycles. The summed E-state index contributed by atoms with van der Waals surface area (Å²) in [5.74, 6) is -0.341. The third kappa shape index (κ3) is 6.58. The van der Waals surface area contributed by atoms with E-state index in [2.05, 4.69) is 4.99 Å². The molecule has 1 amide bonds. The van der Waals surface area contributed by atoms with Crippen molar-refractivity contribution in [1.29, 1.82) is 0 Å². The number of ether oxygens (including phenoxy) is 3. The lowest BCUT2D eigenvalue weighted by Crippen LogP contribution is -2.32. The van der Waals surface area contributed by atoms with Crippen LogP contribution in [0, 0.1) is 0 Å². The summed E-state index contributed by atoms with van der Waals surface area (Å²) in [6.45, 7) is 1.01. The smallest absolute Gasteiger partial charge is 0.266 e. The van der Waals surface area contributed by atoms with Crippen molar-refractivity contribution in [2.24, 2.45) is 4.99 Å². The molecular formula is C28H25N2O6S-. The van der Waals surface area contributed by atoms with Gasteiger partial charge in [-0.25, -0.2) is 4.99 Å². The van der Waals surface area contributed by atoms with Gasteiger partial charge in [0.25, 0.3) is 5.91 Å². The Morgan fingerprint density at radius 2 is 1.78 bits per heavy atom. The standard InChI is InChI=1S/C28H26N2O6S/c1-34-15-14-30-26(31)25(37-28(30)29-22-6-4-3-5-7-22)17-20-10-13-23(24(16-20)35-2)36-18-19-8-11-21(12-9-19)27(32)33/h3-13,16-17H,14-15,18H2,1-2H3,(H,32,33)/p-1/b25-17-,29-28?. The van der Waals surface area contributed by atoms with Gasteiger partial charge in [0.05, 0.1) is 36.8 Å². The minimum absolute atomic E-state index is 0.107. The van der Waals surface area contributed by atoms with Crippen LogP contribution in [0.15, 0.2) is 82.7 Å². The number of thioether (sulfide) groups is 1. The zero-order valence-corrected chi connectivity index (χ0v) is 21.2. The number of methoxy groups -OCH3 is 2. The fourth-order valence-corrected chi connectivity index (χ4v) is 4.55. The molecule has 1 fully saturated rings. The first kappa shape index (κ1) is 26.0. The van der Waals surface area contributed by atoms with E-state index in [1.54, 1.807) is 49.5 Å². The SMILES string of the molecule is COCCN1C(=O)/C(=C/c2ccc(OCc3ccc(C(=O)[O-])cc3)c(OC)c2)SC1=Nc1ccccc1. The molecule has 8 nitrogen and oxygen atoms in total. The summed E-state index contributed by atoms with van der Waals surface area (Å²) in [5, 5.41) is 11.5. The van der Waals surface area contributed by atoms with Gasteiger partial charge in [0.2, 0.25) is 0 Å². The second-order valence-corrected chi connectivity index (χ2v) is 8.98. The number of hydrogen-bond acceptors (Lipinski definition) is 8. The number of para-hydroxylation sites is 1. The fourth-order valence-electron chi connectivity index (χ4n) is 3.53.